The molecule has 2 N–H and O–H groups in total. The quantitative estimate of drug-likeness (QED) is 0.678. The number of dihydropyridines is 1. The molecule has 0 saturated heterocycles. The smallest absolute Gasteiger partial charge is 0.103 e. The summed E-state index contributed by atoms with van der Waals surface area (Å²) < 4.78 is 1.91. The zero-order valence-electron chi connectivity index (χ0n) is 9.96. The average Bonchev–Trinajstić information content (AvgIpc) is 2.52. The summed E-state index contributed by atoms with van der Waals surface area (Å²) in [5, 5.41) is 14.6. The van der Waals surface area contributed by atoms with E-state index in [1.165, 1.54) is 5.57 Å². The van der Waals surface area contributed by atoms with Crippen LogP contribution in [0.25, 0.3) is 0 Å². The zero-order chi connectivity index (χ0) is 13.6. The second-order valence-corrected chi connectivity index (χ2v) is 6.88. The number of allylic oxidation sites excluding steroid dienone is 2. The highest BCUT2D eigenvalue weighted by Gasteiger charge is 2.31. The molecule has 3 rings (SSSR count). The summed E-state index contributed by atoms with van der Waals surface area (Å²) in [6, 6.07) is 3.69. The van der Waals surface area contributed by atoms with Gasteiger partial charge in [-0.15, -0.1) is 0 Å². The average molecular weight is 406 g/mol. The Balaban J connectivity index is 2.08. The van der Waals surface area contributed by atoms with Gasteiger partial charge in [0.1, 0.15) is 6.10 Å². The Morgan fingerprint density at radius 3 is 2.84 bits per heavy atom. The molecule has 0 radical (unpaired) electrons. The summed E-state index contributed by atoms with van der Waals surface area (Å²) in [7, 11) is 0. The van der Waals surface area contributed by atoms with Crippen LogP contribution in [-0.2, 0) is 6.42 Å². The van der Waals surface area contributed by atoms with E-state index in [2.05, 4.69) is 43.3 Å². The van der Waals surface area contributed by atoms with Crippen molar-refractivity contribution in [2.24, 2.45) is 0 Å². The highest BCUT2D eigenvalue weighted by Crippen LogP contribution is 2.39. The first kappa shape index (κ1) is 13.7. The van der Waals surface area contributed by atoms with Gasteiger partial charge in [0.15, 0.2) is 0 Å². The van der Waals surface area contributed by atoms with Crippen LogP contribution in [0.5, 0.6) is 0 Å². The molecule has 1 aliphatic heterocycles. The molecule has 0 bridgehead atoms. The molecular formula is C14H12Br2ClNO. The molecule has 1 aromatic rings. The second kappa shape index (κ2) is 5.24. The predicted molar refractivity (Wildman–Crippen MR) is 84.4 cm³/mol. The van der Waals surface area contributed by atoms with Crippen LogP contribution in [0.3, 0.4) is 0 Å². The number of nitrogens with one attached hydrogen (secondary N) is 1. The highest BCUT2D eigenvalue weighted by atomic mass is 79.9. The molecule has 2 aliphatic rings. The molecule has 1 aromatic carbocycles. The summed E-state index contributed by atoms with van der Waals surface area (Å²) in [5.41, 5.74) is 3.26. The topological polar surface area (TPSA) is 32.3 Å². The van der Waals surface area contributed by atoms with Crippen LogP contribution in [0.1, 0.15) is 23.7 Å². The van der Waals surface area contributed by atoms with Crippen LogP contribution in [0.2, 0.25) is 5.02 Å². The number of rotatable bonds is 0. The Morgan fingerprint density at radius 2 is 2.05 bits per heavy atom. The van der Waals surface area contributed by atoms with E-state index in [0.29, 0.717) is 5.02 Å². The molecule has 0 spiro atoms. The first-order valence-electron chi connectivity index (χ1n) is 6.05. The van der Waals surface area contributed by atoms with Crippen molar-refractivity contribution in [3.05, 3.63) is 55.1 Å². The van der Waals surface area contributed by atoms with E-state index >= 15 is 0 Å². The Kier molecular flexibility index (Phi) is 3.78. The lowest BCUT2D eigenvalue weighted by atomic mass is 9.95. The van der Waals surface area contributed by atoms with Crippen molar-refractivity contribution < 1.29 is 5.11 Å². The van der Waals surface area contributed by atoms with E-state index in [1.807, 2.05) is 18.3 Å². The molecule has 5 heteroatoms. The molecule has 1 heterocycles. The van der Waals surface area contributed by atoms with Crippen LogP contribution in [0, 0.1) is 0 Å². The molecule has 19 heavy (non-hydrogen) atoms. The van der Waals surface area contributed by atoms with Gasteiger partial charge < -0.3 is 10.4 Å². The predicted octanol–water partition coefficient (Wildman–Crippen LogP) is 4.22. The van der Waals surface area contributed by atoms with Gasteiger partial charge in [-0.1, -0.05) is 17.7 Å². The molecule has 1 aliphatic carbocycles. The van der Waals surface area contributed by atoms with Crippen molar-refractivity contribution in [2.75, 3.05) is 0 Å². The largest absolute Gasteiger partial charge is 0.386 e. The Morgan fingerprint density at radius 1 is 1.26 bits per heavy atom. The van der Waals surface area contributed by atoms with E-state index in [-0.39, 0.29) is 6.04 Å². The number of benzene rings is 1. The number of halogens is 3. The summed E-state index contributed by atoms with van der Waals surface area (Å²) in [4.78, 5) is 0. The van der Waals surface area contributed by atoms with Crippen molar-refractivity contribution >= 4 is 43.5 Å². The number of hydrogen-bond acceptors (Lipinski definition) is 2. The van der Waals surface area contributed by atoms with Gasteiger partial charge in [0, 0.05) is 15.2 Å². The number of fused-ring (bicyclic) bond motifs is 2. The van der Waals surface area contributed by atoms with Crippen LogP contribution < -0.4 is 5.32 Å². The Hall–Kier alpha value is -0.290. The van der Waals surface area contributed by atoms with Gasteiger partial charge in [-0.25, -0.2) is 0 Å². The summed E-state index contributed by atoms with van der Waals surface area (Å²) >= 11 is 13.1. The lowest BCUT2D eigenvalue weighted by molar-refractivity contribution is 0.149. The SMILES string of the molecule is OC1c2ccc(Cl)c(Br)c2CCC2=CC(Br)=CNC21. The molecule has 0 amide bonds. The zero-order valence-corrected chi connectivity index (χ0v) is 13.9. The monoisotopic (exact) mass is 403 g/mol. The maximum absolute atomic E-state index is 10.6. The molecular weight excluding hydrogens is 393 g/mol. The lowest BCUT2D eigenvalue weighted by Gasteiger charge is -2.27. The third-order valence-corrected chi connectivity index (χ3v) is 5.56. The van der Waals surface area contributed by atoms with Crippen molar-refractivity contribution in [1.82, 2.24) is 5.32 Å². The third kappa shape index (κ3) is 2.40. The molecule has 2 atom stereocenters. The minimum atomic E-state index is -0.561. The van der Waals surface area contributed by atoms with Gasteiger partial charge in [0.2, 0.25) is 0 Å². The molecule has 0 fully saturated rings. The molecule has 0 saturated carbocycles. The van der Waals surface area contributed by atoms with Crippen molar-refractivity contribution in [3.8, 4) is 0 Å². The van der Waals surface area contributed by atoms with Crippen molar-refractivity contribution in [2.45, 2.75) is 25.0 Å². The molecule has 100 valence electrons. The van der Waals surface area contributed by atoms with Crippen LogP contribution in [-0.4, -0.2) is 11.1 Å². The number of aliphatic hydroxyl groups is 1. The first-order chi connectivity index (χ1) is 9.08. The van der Waals surface area contributed by atoms with Gasteiger partial charge in [-0.3, -0.25) is 0 Å². The van der Waals surface area contributed by atoms with Gasteiger partial charge in [0.25, 0.3) is 0 Å². The van der Waals surface area contributed by atoms with Crippen molar-refractivity contribution in [1.29, 1.82) is 0 Å². The number of hydrogen-bond donors (Lipinski definition) is 2. The fourth-order valence-corrected chi connectivity index (χ4v) is 3.86. The normalized spacial score (nSPS) is 25.5. The van der Waals surface area contributed by atoms with E-state index in [1.54, 1.807) is 0 Å². The van der Waals surface area contributed by atoms with E-state index in [0.717, 1.165) is 32.9 Å². The third-order valence-electron chi connectivity index (χ3n) is 3.65. The van der Waals surface area contributed by atoms with Crippen LogP contribution in [0.15, 0.2) is 38.9 Å². The second-order valence-electron chi connectivity index (χ2n) is 4.77. The maximum atomic E-state index is 10.6. The first-order valence-corrected chi connectivity index (χ1v) is 8.01. The van der Waals surface area contributed by atoms with Gasteiger partial charge in [-0.2, -0.15) is 0 Å². The van der Waals surface area contributed by atoms with Gasteiger partial charge >= 0.3 is 0 Å². The Labute approximate surface area is 133 Å². The summed E-state index contributed by atoms with van der Waals surface area (Å²) in [6.45, 7) is 0. The summed E-state index contributed by atoms with van der Waals surface area (Å²) in [5.74, 6) is 0. The lowest BCUT2D eigenvalue weighted by Crippen LogP contribution is -2.34. The van der Waals surface area contributed by atoms with Crippen LogP contribution >= 0.6 is 43.5 Å². The molecule has 2 nitrogen and oxygen atoms in total. The number of aliphatic hydroxyl groups excluding tert-OH is 1. The van der Waals surface area contributed by atoms with Crippen LogP contribution in [0.4, 0.5) is 0 Å². The Bertz CT molecular complexity index is 597. The molecule has 2 unspecified atom stereocenters. The van der Waals surface area contributed by atoms with E-state index in [4.69, 9.17) is 11.6 Å². The van der Waals surface area contributed by atoms with Gasteiger partial charge in [0.05, 0.1) is 11.1 Å². The molecule has 0 aromatic heterocycles. The maximum Gasteiger partial charge on any atom is 0.103 e. The minimum Gasteiger partial charge on any atom is -0.386 e. The fraction of sp³-hybridized carbons (Fsp3) is 0.286. The standard InChI is InChI=1S/C14H12Br2ClNO/c15-8-5-7-1-2-9-10(3-4-11(17)12(9)16)14(19)13(7)18-6-8/h3-6,13-14,18-19H,1-2H2. The fourth-order valence-electron chi connectivity index (χ4n) is 2.69. The van der Waals surface area contributed by atoms with Gasteiger partial charge in [-0.05, 0) is 73.5 Å². The van der Waals surface area contributed by atoms with E-state index < -0.39 is 6.10 Å². The minimum absolute atomic E-state index is 0.0596. The summed E-state index contributed by atoms with van der Waals surface area (Å²) in [6.07, 6.45) is 5.19. The van der Waals surface area contributed by atoms with E-state index in [9.17, 15) is 5.11 Å². The highest BCUT2D eigenvalue weighted by molar-refractivity contribution is 9.12. The van der Waals surface area contributed by atoms with Crippen molar-refractivity contribution in [3.63, 3.8) is 0 Å².